The summed E-state index contributed by atoms with van der Waals surface area (Å²) < 4.78 is 20.8. The number of ether oxygens (including phenoxy) is 1. The molecule has 0 atom stereocenters. The van der Waals surface area contributed by atoms with Crippen LogP contribution in [0.4, 0.5) is 4.39 Å². The number of hydrogen-bond donors (Lipinski definition) is 0. The van der Waals surface area contributed by atoms with Crippen molar-refractivity contribution in [2.75, 3.05) is 7.11 Å². The molecule has 3 aromatic heterocycles. The van der Waals surface area contributed by atoms with Crippen molar-refractivity contribution in [2.45, 2.75) is 0 Å². The summed E-state index contributed by atoms with van der Waals surface area (Å²) in [5, 5.41) is 9.08. The minimum Gasteiger partial charge on any atom is -0.478 e. The first kappa shape index (κ1) is 16.5. The normalized spacial score (nSPS) is 11.1. The third-order valence-electron chi connectivity index (χ3n) is 4.31. The molecule has 4 aromatic rings. The lowest BCUT2D eigenvalue weighted by atomic mass is 10.00. The Morgan fingerprint density at radius 3 is 2.35 bits per heavy atom. The van der Waals surface area contributed by atoms with Gasteiger partial charge in [0, 0.05) is 25.0 Å². The fourth-order valence-corrected chi connectivity index (χ4v) is 3.43. The molecule has 0 unspecified atom stereocenters. The standard InChI is InChI=1S/C19H14ClFN4O/c1-25-16(12-3-5-13(21)6-4-12)14(11-7-9-22-10-8-11)15-17(25)19(26-2)24-23-18(15)20/h3-10H,1-2H3. The van der Waals surface area contributed by atoms with E-state index in [1.165, 1.54) is 19.2 Å². The van der Waals surface area contributed by atoms with Crippen LogP contribution in [-0.2, 0) is 7.05 Å². The molecule has 0 amide bonds. The molecule has 0 spiro atoms. The molecule has 7 heteroatoms. The third-order valence-corrected chi connectivity index (χ3v) is 4.58. The molecular formula is C19H14ClFN4O. The number of benzene rings is 1. The SMILES string of the molecule is COc1nnc(Cl)c2c(-c3ccncc3)c(-c3ccc(F)cc3)n(C)c12. The van der Waals surface area contributed by atoms with E-state index in [2.05, 4.69) is 15.2 Å². The fraction of sp³-hybridized carbons (Fsp3) is 0.105. The summed E-state index contributed by atoms with van der Waals surface area (Å²) in [6.45, 7) is 0. The number of halogens is 2. The lowest BCUT2D eigenvalue weighted by Gasteiger charge is -2.09. The van der Waals surface area contributed by atoms with Crippen LogP contribution in [0.5, 0.6) is 5.88 Å². The highest BCUT2D eigenvalue weighted by Crippen LogP contribution is 2.44. The van der Waals surface area contributed by atoms with Crippen LogP contribution in [0.25, 0.3) is 33.3 Å². The first-order chi connectivity index (χ1) is 12.6. The number of nitrogens with zero attached hydrogens (tertiary/aromatic N) is 4. The zero-order chi connectivity index (χ0) is 18.3. The number of fused-ring (bicyclic) bond motifs is 1. The molecule has 26 heavy (non-hydrogen) atoms. The second-order valence-corrected chi connectivity index (χ2v) is 6.11. The smallest absolute Gasteiger partial charge is 0.258 e. The first-order valence-electron chi connectivity index (χ1n) is 7.86. The molecule has 5 nitrogen and oxygen atoms in total. The third kappa shape index (κ3) is 2.50. The zero-order valence-electron chi connectivity index (χ0n) is 14.1. The summed E-state index contributed by atoms with van der Waals surface area (Å²) in [5.41, 5.74) is 4.21. The van der Waals surface area contributed by atoms with Crippen molar-refractivity contribution in [1.82, 2.24) is 19.7 Å². The van der Waals surface area contributed by atoms with Gasteiger partial charge < -0.3 is 9.30 Å². The summed E-state index contributed by atoms with van der Waals surface area (Å²) in [7, 11) is 3.43. The van der Waals surface area contributed by atoms with Crippen molar-refractivity contribution >= 4 is 22.5 Å². The molecule has 0 radical (unpaired) electrons. The van der Waals surface area contributed by atoms with Crippen molar-refractivity contribution in [3.63, 3.8) is 0 Å². The van der Waals surface area contributed by atoms with E-state index in [0.717, 1.165) is 33.3 Å². The van der Waals surface area contributed by atoms with Crippen LogP contribution >= 0.6 is 11.6 Å². The van der Waals surface area contributed by atoms with Crippen molar-refractivity contribution in [2.24, 2.45) is 7.05 Å². The Balaban J connectivity index is 2.18. The number of pyridine rings is 1. The van der Waals surface area contributed by atoms with E-state index in [1.807, 2.05) is 23.7 Å². The van der Waals surface area contributed by atoms with Crippen LogP contribution in [0.15, 0.2) is 48.8 Å². The molecule has 0 saturated heterocycles. The van der Waals surface area contributed by atoms with E-state index in [0.29, 0.717) is 5.88 Å². The molecule has 4 rings (SSSR count). The van der Waals surface area contributed by atoms with Crippen LogP contribution in [0, 0.1) is 5.82 Å². The van der Waals surface area contributed by atoms with Gasteiger partial charge in [-0.05, 0) is 47.5 Å². The molecule has 0 saturated carbocycles. The highest BCUT2D eigenvalue weighted by molar-refractivity contribution is 6.36. The molecule has 130 valence electrons. The topological polar surface area (TPSA) is 52.8 Å². The van der Waals surface area contributed by atoms with Gasteiger partial charge in [0.05, 0.1) is 18.2 Å². The van der Waals surface area contributed by atoms with Gasteiger partial charge in [-0.3, -0.25) is 4.98 Å². The zero-order valence-corrected chi connectivity index (χ0v) is 14.8. The maximum Gasteiger partial charge on any atom is 0.258 e. The highest BCUT2D eigenvalue weighted by Gasteiger charge is 2.24. The summed E-state index contributed by atoms with van der Waals surface area (Å²) >= 11 is 6.42. The Bertz CT molecular complexity index is 1090. The van der Waals surface area contributed by atoms with Gasteiger partial charge in [0.2, 0.25) is 0 Å². The van der Waals surface area contributed by atoms with E-state index in [1.54, 1.807) is 24.5 Å². The minimum absolute atomic E-state index is 0.275. The van der Waals surface area contributed by atoms with Gasteiger partial charge in [-0.1, -0.05) is 11.6 Å². The van der Waals surface area contributed by atoms with Gasteiger partial charge in [-0.2, -0.15) is 0 Å². The molecule has 3 heterocycles. The van der Waals surface area contributed by atoms with Gasteiger partial charge in [0.15, 0.2) is 5.15 Å². The van der Waals surface area contributed by atoms with Gasteiger partial charge in [0.25, 0.3) is 5.88 Å². The quantitative estimate of drug-likeness (QED) is 0.534. The molecule has 0 fully saturated rings. The Labute approximate surface area is 154 Å². The maximum atomic E-state index is 13.4. The summed E-state index contributed by atoms with van der Waals surface area (Å²) in [6.07, 6.45) is 3.42. The Morgan fingerprint density at radius 2 is 1.69 bits per heavy atom. The van der Waals surface area contributed by atoms with Gasteiger partial charge in [-0.15, -0.1) is 10.2 Å². The van der Waals surface area contributed by atoms with Crippen molar-refractivity contribution in [3.8, 4) is 28.3 Å². The fourth-order valence-electron chi connectivity index (χ4n) is 3.20. The summed E-state index contributed by atoms with van der Waals surface area (Å²) in [4.78, 5) is 4.09. The lowest BCUT2D eigenvalue weighted by Crippen LogP contribution is -1.97. The molecule has 1 aromatic carbocycles. The highest BCUT2D eigenvalue weighted by atomic mass is 35.5. The Hall–Kier alpha value is -2.99. The molecule has 0 aliphatic heterocycles. The molecular weight excluding hydrogens is 355 g/mol. The van der Waals surface area contributed by atoms with Crippen LogP contribution < -0.4 is 4.74 Å². The molecule has 0 aliphatic rings. The largest absolute Gasteiger partial charge is 0.478 e. The van der Waals surface area contributed by atoms with E-state index in [4.69, 9.17) is 16.3 Å². The van der Waals surface area contributed by atoms with E-state index < -0.39 is 0 Å². The monoisotopic (exact) mass is 368 g/mol. The lowest BCUT2D eigenvalue weighted by molar-refractivity contribution is 0.396. The van der Waals surface area contributed by atoms with Gasteiger partial charge in [0.1, 0.15) is 11.3 Å². The van der Waals surface area contributed by atoms with Crippen LogP contribution in [0.3, 0.4) is 0 Å². The second kappa shape index (κ2) is 6.38. The van der Waals surface area contributed by atoms with Crippen molar-refractivity contribution in [1.29, 1.82) is 0 Å². The average Bonchev–Trinajstić information content (AvgIpc) is 2.98. The Morgan fingerprint density at radius 1 is 1.00 bits per heavy atom. The number of hydrogen-bond acceptors (Lipinski definition) is 4. The van der Waals surface area contributed by atoms with E-state index in [-0.39, 0.29) is 11.0 Å². The minimum atomic E-state index is -0.295. The summed E-state index contributed by atoms with van der Waals surface area (Å²) in [6, 6.07) is 10.1. The number of rotatable bonds is 3. The number of methoxy groups -OCH3 is 1. The predicted octanol–water partition coefficient (Wildman–Crippen LogP) is 4.50. The molecule has 0 N–H and O–H groups in total. The number of aryl methyl sites for hydroxylation is 1. The predicted molar refractivity (Wildman–Crippen MR) is 98.7 cm³/mol. The van der Waals surface area contributed by atoms with E-state index in [9.17, 15) is 4.39 Å². The van der Waals surface area contributed by atoms with Crippen molar-refractivity contribution < 1.29 is 9.13 Å². The van der Waals surface area contributed by atoms with Crippen LogP contribution in [0.2, 0.25) is 5.15 Å². The van der Waals surface area contributed by atoms with Crippen molar-refractivity contribution in [3.05, 3.63) is 59.8 Å². The van der Waals surface area contributed by atoms with Gasteiger partial charge >= 0.3 is 0 Å². The molecule has 0 aliphatic carbocycles. The van der Waals surface area contributed by atoms with Crippen LogP contribution in [0.1, 0.15) is 0 Å². The maximum absolute atomic E-state index is 13.4. The van der Waals surface area contributed by atoms with E-state index >= 15 is 0 Å². The van der Waals surface area contributed by atoms with Crippen LogP contribution in [-0.4, -0.2) is 26.9 Å². The second-order valence-electron chi connectivity index (χ2n) is 5.75. The first-order valence-corrected chi connectivity index (χ1v) is 8.24. The Kier molecular flexibility index (Phi) is 4.05. The summed E-state index contributed by atoms with van der Waals surface area (Å²) in [5.74, 6) is 0.0764. The number of aromatic nitrogens is 4. The molecule has 0 bridgehead atoms. The van der Waals surface area contributed by atoms with Gasteiger partial charge in [-0.25, -0.2) is 4.39 Å². The average molecular weight is 369 g/mol.